The van der Waals surface area contributed by atoms with Gasteiger partial charge in [-0.05, 0) is 41.8 Å². The average Bonchev–Trinajstić information content (AvgIpc) is 2.29. The molecule has 1 aromatic heterocycles. The van der Waals surface area contributed by atoms with E-state index in [2.05, 4.69) is 15.9 Å². The van der Waals surface area contributed by atoms with Crippen molar-refractivity contribution in [3.8, 4) is 0 Å². The Morgan fingerprint density at radius 2 is 2.31 bits per heavy atom. The summed E-state index contributed by atoms with van der Waals surface area (Å²) in [7, 11) is 0. The zero-order chi connectivity index (χ0) is 9.42. The van der Waals surface area contributed by atoms with E-state index in [9.17, 15) is 0 Å². The number of halogens is 1. The summed E-state index contributed by atoms with van der Waals surface area (Å²) in [5.41, 5.74) is 5.74. The lowest BCUT2D eigenvalue weighted by atomic mass is 9.84. The first-order valence-corrected chi connectivity index (χ1v) is 5.52. The second-order valence-corrected chi connectivity index (χ2v) is 4.63. The van der Waals surface area contributed by atoms with Gasteiger partial charge in [0, 0.05) is 5.92 Å². The van der Waals surface area contributed by atoms with E-state index in [1.807, 2.05) is 13.0 Å². The molecular weight excluding hydrogens is 230 g/mol. The van der Waals surface area contributed by atoms with Crippen molar-refractivity contribution >= 4 is 15.9 Å². The lowest BCUT2D eigenvalue weighted by Crippen LogP contribution is -2.08. The molecule has 0 radical (unpaired) electrons. The molecule has 0 spiro atoms. The molecule has 1 atom stereocenters. The summed E-state index contributed by atoms with van der Waals surface area (Å²) in [6, 6.07) is 1.99. The van der Waals surface area contributed by atoms with Crippen LogP contribution >= 0.6 is 15.9 Å². The van der Waals surface area contributed by atoms with Crippen LogP contribution in [0.1, 0.15) is 49.7 Å². The van der Waals surface area contributed by atoms with Crippen molar-refractivity contribution in [2.45, 2.75) is 38.1 Å². The molecule has 1 fully saturated rings. The van der Waals surface area contributed by atoms with E-state index in [4.69, 9.17) is 10.2 Å². The van der Waals surface area contributed by atoms with E-state index in [1.54, 1.807) is 0 Å². The van der Waals surface area contributed by atoms with Crippen LogP contribution in [0.2, 0.25) is 0 Å². The van der Waals surface area contributed by atoms with Crippen LogP contribution in [0.25, 0.3) is 0 Å². The van der Waals surface area contributed by atoms with Gasteiger partial charge >= 0.3 is 0 Å². The predicted octanol–water partition coefficient (Wildman–Crippen LogP) is 3.33. The fourth-order valence-corrected chi connectivity index (χ4v) is 2.20. The molecule has 0 bridgehead atoms. The summed E-state index contributed by atoms with van der Waals surface area (Å²) < 4.78 is 6.80. The van der Waals surface area contributed by atoms with Crippen molar-refractivity contribution < 1.29 is 4.42 Å². The molecule has 2 N–H and O–H groups in total. The normalized spacial score (nSPS) is 19.9. The minimum atomic E-state index is -0.00914. The van der Waals surface area contributed by atoms with Gasteiger partial charge in [-0.1, -0.05) is 6.42 Å². The predicted molar refractivity (Wildman–Crippen MR) is 55.6 cm³/mol. The number of rotatable bonds is 2. The van der Waals surface area contributed by atoms with Crippen molar-refractivity contribution in [3.05, 3.63) is 22.1 Å². The molecule has 1 aromatic rings. The SMILES string of the molecule is CC(N)c1cc(Br)c(C2CCC2)o1. The Kier molecular flexibility index (Phi) is 2.47. The Morgan fingerprint density at radius 1 is 1.62 bits per heavy atom. The molecule has 1 aliphatic carbocycles. The van der Waals surface area contributed by atoms with Gasteiger partial charge in [0.2, 0.25) is 0 Å². The first kappa shape index (κ1) is 9.28. The molecule has 13 heavy (non-hydrogen) atoms. The standard InChI is InChI=1S/C10H14BrNO/c1-6(12)9-5-8(11)10(13-9)7-3-2-4-7/h5-7H,2-4,12H2,1H3. The highest BCUT2D eigenvalue weighted by atomic mass is 79.9. The molecule has 0 saturated heterocycles. The minimum Gasteiger partial charge on any atom is -0.463 e. The summed E-state index contributed by atoms with van der Waals surface area (Å²) in [6.07, 6.45) is 3.83. The largest absolute Gasteiger partial charge is 0.463 e. The lowest BCUT2D eigenvalue weighted by molar-refractivity contribution is 0.329. The molecule has 0 aliphatic heterocycles. The molecule has 72 valence electrons. The third-order valence-electron chi connectivity index (χ3n) is 2.66. The van der Waals surface area contributed by atoms with Gasteiger partial charge in [-0.15, -0.1) is 0 Å². The zero-order valence-corrected chi connectivity index (χ0v) is 9.30. The van der Waals surface area contributed by atoms with Crippen molar-refractivity contribution in [2.24, 2.45) is 5.73 Å². The molecule has 2 nitrogen and oxygen atoms in total. The van der Waals surface area contributed by atoms with Gasteiger partial charge < -0.3 is 10.2 Å². The fourth-order valence-electron chi connectivity index (χ4n) is 1.57. The summed E-state index contributed by atoms with van der Waals surface area (Å²) in [5, 5.41) is 0. The average molecular weight is 244 g/mol. The van der Waals surface area contributed by atoms with Gasteiger partial charge in [0.25, 0.3) is 0 Å². The van der Waals surface area contributed by atoms with Crippen LogP contribution in [-0.2, 0) is 0 Å². The van der Waals surface area contributed by atoms with Crippen LogP contribution in [0.15, 0.2) is 15.0 Å². The first-order valence-electron chi connectivity index (χ1n) is 4.73. The van der Waals surface area contributed by atoms with Crippen LogP contribution in [0.5, 0.6) is 0 Å². The van der Waals surface area contributed by atoms with Crippen molar-refractivity contribution in [1.29, 1.82) is 0 Å². The van der Waals surface area contributed by atoms with Crippen LogP contribution in [0.3, 0.4) is 0 Å². The molecule has 3 heteroatoms. The number of furan rings is 1. The third kappa shape index (κ3) is 1.67. The molecule has 0 amide bonds. The van der Waals surface area contributed by atoms with Crippen LogP contribution < -0.4 is 5.73 Å². The van der Waals surface area contributed by atoms with Crippen LogP contribution in [0, 0.1) is 0 Å². The summed E-state index contributed by atoms with van der Waals surface area (Å²) in [5.74, 6) is 2.61. The maximum atomic E-state index is 5.74. The molecular formula is C10H14BrNO. The van der Waals surface area contributed by atoms with Crippen LogP contribution in [0.4, 0.5) is 0 Å². The number of hydrogen-bond acceptors (Lipinski definition) is 2. The third-order valence-corrected chi connectivity index (χ3v) is 3.28. The van der Waals surface area contributed by atoms with E-state index >= 15 is 0 Å². The molecule has 1 saturated carbocycles. The maximum Gasteiger partial charge on any atom is 0.121 e. The Balaban J connectivity index is 2.24. The van der Waals surface area contributed by atoms with Gasteiger partial charge in [0.1, 0.15) is 11.5 Å². The maximum absolute atomic E-state index is 5.74. The van der Waals surface area contributed by atoms with Crippen molar-refractivity contribution in [1.82, 2.24) is 0 Å². The zero-order valence-electron chi connectivity index (χ0n) is 7.72. The van der Waals surface area contributed by atoms with E-state index in [1.165, 1.54) is 19.3 Å². The van der Waals surface area contributed by atoms with Gasteiger partial charge in [-0.3, -0.25) is 0 Å². The van der Waals surface area contributed by atoms with Gasteiger partial charge in [0.05, 0.1) is 10.5 Å². The monoisotopic (exact) mass is 243 g/mol. The Morgan fingerprint density at radius 3 is 2.69 bits per heavy atom. The van der Waals surface area contributed by atoms with E-state index in [0.29, 0.717) is 5.92 Å². The van der Waals surface area contributed by atoms with Crippen molar-refractivity contribution in [2.75, 3.05) is 0 Å². The number of hydrogen-bond donors (Lipinski definition) is 1. The summed E-state index contributed by atoms with van der Waals surface area (Å²) >= 11 is 3.51. The Bertz CT molecular complexity index is 302. The van der Waals surface area contributed by atoms with E-state index in [0.717, 1.165) is 16.0 Å². The quantitative estimate of drug-likeness (QED) is 0.866. The molecule has 1 unspecified atom stereocenters. The summed E-state index contributed by atoms with van der Waals surface area (Å²) in [4.78, 5) is 0. The van der Waals surface area contributed by atoms with Crippen molar-refractivity contribution in [3.63, 3.8) is 0 Å². The number of nitrogens with two attached hydrogens (primary N) is 1. The first-order chi connectivity index (χ1) is 6.18. The second-order valence-electron chi connectivity index (χ2n) is 3.78. The van der Waals surface area contributed by atoms with Gasteiger partial charge in [-0.25, -0.2) is 0 Å². The molecule has 1 aliphatic rings. The minimum absolute atomic E-state index is 0.00914. The second kappa shape index (κ2) is 3.46. The summed E-state index contributed by atoms with van der Waals surface area (Å²) in [6.45, 7) is 1.94. The van der Waals surface area contributed by atoms with Crippen LogP contribution in [-0.4, -0.2) is 0 Å². The lowest BCUT2D eigenvalue weighted by Gasteiger charge is -2.23. The Hall–Kier alpha value is -0.280. The van der Waals surface area contributed by atoms with E-state index in [-0.39, 0.29) is 6.04 Å². The smallest absolute Gasteiger partial charge is 0.121 e. The Labute approximate surface area is 86.6 Å². The van der Waals surface area contributed by atoms with E-state index < -0.39 is 0 Å². The highest BCUT2D eigenvalue weighted by molar-refractivity contribution is 9.10. The fraction of sp³-hybridized carbons (Fsp3) is 0.600. The topological polar surface area (TPSA) is 39.2 Å². The highest BCUT2D eigenvalue weighted by Crippen LogP contribution is 2.41. The molecule has 0 aromatic carbocycles. The highest BCUT2D eigenvalue weighted by Gasteiger charge is 2.26. The van der Waals surface area contributed by atoms with Gasteiger partial charge in [0.15, 0.2) is 0 Å². The molecule has 2 rings (SSSR count). The van der Waals surface area contributed by atoms with Gasteiger partial charge in [-0.2, -0.15) is 0 Å². The molecule has 1 heterocycles.